The van der Waals surface area contributed by atoms with Gasteiger partial charge < -0.3 is 4.74 Å². The summed E-state index contributed by atoms with van der Waals surface area (Å²) in [6.45, 7) is 4.12. The van der Waals surface area contributed by atoms with Gasteiger partial charge in [-0.2, -0.15) is 0 Å². The molecule has 0 spiro atoms. The highest BCUT2D eigenvalue weighted by molar-refractivity contribution is 7.90. The lowest BCUT2D eigenvalue weighted by Crippen LogP contribution is -1.99. The van der Waals surface area contributed by atoms with Crippen LogP contribution in [0.5, 0.6) is 5.75 Å². The van der Waals surface area contributed by atoms with Crippen LogP contribution in [-0.4, -0.2) is 21.3 Å². The molecule has 1 radical (unpaired) electrons. The largest absolute Gasteiger partial charge is 0.494 e. The van der Waals surface area contributed by atoms with Crippen molar-refractivity contribution in [2.24, 2.45) is 0 Å². The molecule has 1 rings (SSSR count). The van der Waals surface area contributed by atoms with Gasteiger partial charge in [-0.3, -0.25) is 0 Å². The molecule has 0 aliphatic rings. The molecule has 14 heavy (non-hydrogen) atoms. The van der Waals surface area contributed by atoms with Crippen molar-refractivity contribution in [1.29, 1.82) is 0 Å². The minimum Gasteiger partial charge on any atom is -0.494 e. The maximum Gasteiger partial charge on any atom is 0.175 e. The van der Waals surface area contributed by atoms with Gasteiger partial charge >= 0.3 is 0 Å². The Morgan fingerprint density at radius 3 is 2.71 bits per heavy atom. The standard InChI is InChI=1S/C10H13O3S/c1-3-7-13-9-5-4-6-10(8-9)14(2,11)12/h4-6,8H,1,3,7H2,2H3. The fourth-order valence-corrected chi connectivity index (χ4v) is 1.64. The van der Waals surface area contributed by atoms with Crippen molar-refractivity contribution in [1.82, 2.24) is 0 Å². The third kappa shape index (κ3) is 3.03. The van der Waals surface area contributed by atoms with Crippen LogP contribution in [0.1, 0.15) is 6.42 Å². The van der Waals surface area contributed by atoms with Crippen LogP contribution in [0.15, 0.2) is 29.2 Å². The normalized spacial score (nSPS) is 11.3. The number of sulfone groups is 1. The molecule has 1 aromatic carbocycles. The predicted octanol–water partition coefficient (Wildman–Crippen LogP) is 1.69. The van der Waals surface area contributed by atoms with Crippen LogP contribution in [0.3, 0.4) is 0 Å². The molecular weight excluding hydrogens is 200 g/mol. The summed E-state index contributed by atoms with van der Waals surface area (Å²) < 4.78 is 27.6. The fraction of sp³-hybridized carbons (Fsp3) is 0.300. The van der Waals surface area contributed by atoms with Gasteiger partial charge in [0.15, 0.2) is 9.84 Å². The third-order valence-corrected chi connectivity index (χ3v) is 2.76. The van der Waals surface area contributed by atoms with Gasteiger partial charge in [-0.1, -0.05) is 6.07 Å². The number of ether oxygens (including phenoxy) is 1. The quantitative estimate of drug-likeness (QED) is 0.764. The van der Waals surface area contributed by atoms with Crippen LogP contribution in [0.2, 0.25) is 0 Å². The Labute approximate surface area is 84.6 Å². The van der Waals surface area contributed by atoms with Crippen LogP contribution in [0.4, 0.5) is 0 Å². The number of rotatable bonds is 4. The second-order valence-corrected chi connectivity index (χ2v) is 4.96. The Hall–Kier alpha value is -1.03. The molecule has 0 unspecified atom stereocenters. The molecule has 0 aliphatic heterocycles. The van der Waals surface area contributed by atoms with Crippen LogP contribution in [-0.2, 0) is 9.84 Å². The van der Waals surface area contributed by atoms with Gasteiger partial charge in [0, 0.05) is 6.26 Å². The summed E-state index contributed by atoms with van der Waals surface area (Å²) in [6.07, 6.45) is 1.83. The van der Waals surface area contributed by atoms with E-state index in [1.54, 1.807) is 18.2 Å². The van der Waals surface area contributed by atoms with Crippen molar-refractivity contribution in [2.75, 3.05) is 12.9 Å². The highest BCUT2D eigenvalue weighted by atomic mass is 32.2. The molecule has 0 aliphatic carbocycles. The van der Waals surface area contributed by atoms with E-state index in [-0.39, 0.29) is 4.90 Å². The molecule has 0 saturated carbocycles. The smallest absolute Gasteiger partial charge is 0.175 e. The minimum atomic E-state index is -3.15. The van der Waals surface area contributed by atoms with E-state index in [0.29, 0.717) is 18.8 Å². The monoisotopic (exact) mass is 213 g/mol. The van der Waals surface area contributed by atoms with E-state index in [0.717, 1.165) is 0 Å². The van der Waals surface area contributed by atoms with Crippen LogP contribution < -0.4 is 4.74 Å². The van der Waals surface area contributed by atoms with E-state index in [1.165, 1.54) is 12.3 Å². The summed E-state index contributed by atoms with van der Waals surface area (Å²) in [5.74, 6) is 0.566. The zero-order valence-corrected chi connectivity index (χ0v) is 8.88. The van der Waals surface area contributed by atoms with E-state index in [4.69, 9.17) is 4.74 Å². The van der Waals surface area contributed by atoms with Crippen molar-refractivity contribution in [3.05, 3.63) is 31.2 Å². The maximum absolute atomic E-state index is 11.2. The predicted molar refractivity (Wildman–Crippen MR) is 55.0 cm³/mol. The third-order valence-electron chi connectivity index (χ3n) is 1.65. The summed E-state index contributed by atoms with van der Waals surface area (Å²) in [6, 6.07) is 6.45. The van der Waals surface area contributed by atoms with Crippen molar-refractivity contribution in [3.8, 4) is 5.75 Å². The SMILES string of the molecule is [CH2]CCOc1cccc(S(C)(=O)=O)c1. The lowest BCUT2D eigenvalue weighted by Gasteiger charge is -2.05. The number of benzene rings is 1. The van der Waals surface area contributed by atoms with Gasteiger partial charge in [-0.15, -0.1) is 0 Å². The molecule has 0 aromatic heterocycles. The number of hydrogen-bond donors (Lipinski definition) is 0. The Kier molecular flexibility index (Phi) is 3.52. The number of hydrogen-bond acceptors (Lipinski definition) is 3. The van der Waals surface area contributed by atoms with E-state index in [9.17, 15) is 8.42 Å². The van der Waals surface area contributed by atoms with Crippen molar-refractivity contribution < 1.29 is 13.2 Å². The lowest BCUT2D eigenvalue weighted by molar-refractivity contribution is 0.323. The minimum absolute atomic E-state index is 0.277. The lowest BCUT2D eigenvalue weighted by atomic mass is 10.3. The van der Waals surface area contributed by atoms with Gasteiger partial charge in [0.2, 0.25) is 0 Å². The summed E-state index contributed by atoms with van der Waals surface area (Å²) in [5.41, 5.74) is 0. The molecule has 0 bridgehead atoms. The van der Waals surface area contributed by atoms with Gasteiger partial charge in [-0.05, 0) is 31.5 Å². The molecule has 0 N–H and O–H groups in total. The topological polar surface area (TPSA) is 43.4 Å². The molecule has 3 nitrogen and oxygen atoms in total. The first kappa shape index (κ1) is 11.0. The average Bonchev–Trinajstić information content (AvgIpc) is 2.14. The zero-order valence-electron chi connectivity index (χ0n) is 8.06. The van der Waals surface area contributed by atoms with Gasteiger partial charge in [-0.25, -0.2) is 8.42 Å². The Balaban J connectivity index is 2.90. The summed E-state index contributed by atoms with van der Waals surface area (Å²) in [4.78, 5) is 0.277. The molecule has 1 aromatic rings. The van der Waals surface area contributed by atoms with Crippen molar-refractivity contribution >= 4 is 9.84 Å². The van der Waals surface area contributed by atoms with E-state index in [1.807, 2.05) is 0 Å². The summed E-state index contributed by atoms with van der Waals surface area (Å²) >= 11 is 0. The highest BCUT2D eigenvalue weighted by Gasteiger charge is 2.07. The molecule has 4 heteroatoms. The van der Waals surface area contributed by atoms with Gasteiger partial charge in [0.05, 0.1) is 11.5 Å². The van der Waals surface area contributed by atoms with Crippen LogP contribution in [0.25, 0.3) is 0 Å². The summed E-state index contributed by atoms with van der Waals surface area (Å²) in [5, 5.41) is 0. The van der Waals surface area contributed by atoms with E-state index in [2.05, 4.69) is 6.92 Å². The van der Waals surface area contributed by atoms with Gasteiger partial charge in [0.25, 0.3) is 0 Å². The second kappa shape index (κ2) is 4.46. The first-order chi connectivity index (χ1) is 6.54. The highest BCUT2D eigenvalue weighted by Crippen LogP contribution is 2.17. The molecule has 0 saturated heterocycles. The molecular formula is C10H13O3S. The van der Waals surface area contributed by atoms with Crippen molar-refractivity contribution in [2.45, 2.75) is 11.3 Å². The second-order valence-electron chi connectivity index (χ2n) is 2.95. The molecule has 0 fully saturated rings. The van der Waals surface area contributed by atoms with E-state index >= 15 is 0 Å². The molecule has 77 valence electrons. The summed E-state index contributed by atoms with van der Waals surface area (Å²) in [7, 11) is -3.15. The molecule has 0 atom stereocenters. The zero-order chi connectivity index (χ0) is 10.6. The van der Waals surface area contributed by atoms with Crippen LogP contribution in [0, 0.1) is 6.92 Å². The first-order valence-corrected chi connectivity index (χ1v) is 6.15. The Morgan fingerprint density at radius 1 is 1.43 bits per heavy atom. The average molecular weight is 213 g/mol. The Morgan fingerprint density at radius 2 is 2.14 bits per heavy atom. The first-order valence-electron chi connectivity index (χ1n) is 4.26. The molecule has 0 amide bonds. The van der Waals surface area contributed by atoms with E-state index < -0.39 is 9.84 Å². The van der Waals surface area contributed by atoms with Crippen LogP contribution >= 0.6 is 0 Å². The fourth-order valence-electron chi connectivity index (χ4n) is 0.985. The van der Waals surface area contributed by atoms with Gasteiger partial charge in [0.1, 0.15) is 5.75 Å². The molecule has 0 heterocycles. The Bertz CT molecular complexity index is 396. The maximum atomic E-state index is 11.2. The van der Waals surface area contributed by atoms with Crippen molar-refractivity contribution in [3.63, 3.8) is 0 Å².